The van der Waals surface area contributed by atoms with Gasteiger partial charge < -0.3 is 14.4 Å². The van der Waals surface area contributed by atoms with E-state index in [2.05, 4.69) is 32.1 Å². The average Bonchev–Trinajstić information content (AvgIpc) is 3.55. The number of furan rings is 1. The number of aryl methyl sites for hydroxylation is 4. The molecule has 3 aromatic carbocycles. The fourth-order valence-electron chi connectivity index (χ4n) is 5.15. The van der Waals surface area contributed by atoms with Crippen LogP contribution in [0.4, 0.5) is 0 Å². The van der Waals surface area contributed by atoms with Gasteiger partial charge in [-0.3, -0.25) is 4.98 Å². The largest absolute Gasteiger partial charge is 0.486 e. The van der Waals surface area contributed by atoms with Crippen LogP contribution in [0.3, 0.4) is 0 Å². The Balaban J connectivity index is 0.000000230. The summed E-state index contributed by atoms with van der Waals surface area (Å²) in [5.41, 5.74) is 4.77. The Kier molecular flexibility index (Phi) is 5.56. The van der Waals surface area contributed by atoms with Crippen molar-refractivity contribution in [1.82, 2.24) is 19.9 Å². The van der Waals surface area contributed by atoms with E-state index in [1.807, 2.05) is 12.1 Å². The quantitative estimate of drug-likeness (QED) is 0.167. The summed E-state index contributed by atoms with van der Waals surface area (Å²) in [7, 11) is 0. The van der Waals surface area contributed by atoms with Crippen molar-refractivity contribution in [2.45, 2.75) is 27.4 Å². The molecule has 0 atom stereocenters. The zero-order valence-electron chi connectivity index (χ0n) is 35.9. The molecule has 0 aliphatic heterocycles. The molecule has 0 fully saturated rings. The Morgan fingerprint density at radius 1 is 0.717 bits per heavy atom. The van der Waals surface area contributed by atoms with Gasteiger partial charge in [0.2, 0.25) is 5.71 Å². The van der Waals surface area contributed by atoms with Crippen LogP contribution in [0.25, 0.3) is 66.5 Å². The second-order valence-corrected chi connectivity index (χ2v) is 10.2. The summed E-state index contributed by atoms with van der Waals surface area (Å²) >= 11 is 0. The third kappa shape index (κ3) is 6.10. The van der Waals surface area contributed by atoms with Crippen LogP contribution in [0, 0.1) is 39.5 Å². The van der Waals surface area contributed by atoms with Crippen molar-refractivity contribution in [3.63, 3.8) is 0 Å². The van der Waals surface area contributed by atoms with Gasteiger partial charge in [0.15, 0.2) is 0 Å². The number of nitrogens with zero attached hydrogens (tertiary/aromatic N) is 4. The van der Waals surface area contributed by atoms with Crippen molar-refractivity contribution < 1.29 is 41.0 Å². The van der Waals surface area contributed by atoms with E-state index in [9.17, 15) is 0 Å². The predicted molar refractivity (Wildman–Crippen MR) is 182 cm³/mol. The van der Waals surface area contributed by atoms with Crippen LogP contribution in [0.5, 0.6) is 0 Å². The molecule has 227 valence electrons. The molecule has 8 rings (SSSR count). The number of aromatic nitrogens is 4. The van der Waals surface area contributed by atoms with Gasteiger partial charge >= 0.3 is 0 Å². The van der Waals surface area contributed by atoms with Gasteiger partial charge in [-0.25, -0.2) is 4.98 Å². The van der Waals surface area contributed by atoms with E-state index in [-0.39, 0.29) is 48.2 Å². The number of fused-ring (bicyclic) bond motifs is 4. The van der Waals surface area contributed by atoms with Crippen molar-refractivity contribution in [2.24, 2.45) is 0 Å². The maximum atomic E-state index is 8.12. The molecule has 0 unspecified atom stereocenters. The molecule has 0 amide bonds. The van der Waals surface area contributed by atoms with Gasteiger partial charge in [-0.05, 0) is 83.8 Å². The van der Waals surface area contributed by atoms with Crippen LogP contribution in [-0.4, -0.2) is 19.9 Å². The number of hydrogen-bond donors (Lipinski definition) is 0. The van der Waals surface area contributed by atoms with E-state index in [1.165, 1.54) is 30.5 Å². The average molecular weight is 787 g/mol. The van der Waals surface area contributed by atoms with Crippen LogP contribution in [-0.2, 0) is 20.1 Å². The first-order valence-electron chi connectivity index (χ1n) is 19.9. The molecule has 0 bridgehead atoms. The first-order chi connectivity index (χ1) is 26.8. The molecule has 1 radical (unpaired) electrons. The monoisotopic (exact) mass is 787 g/mol. The van der Waals surface area contributed by atoms with Crippen LogP contribution >= 0.6 is 0 Å². The normalized spacial score (nSPS) is 15.8. The van der Waals surface area contributed by atoms with Gasteiger partial charge in [0.1, 0.15) is 0 Å². The van der Waals surface area contributed by atoms with Gasteiger partial charge in [0.25, 0.3) is 0 Å². The minimum absolute atomic E-state index is 0. The maximum absolute atomic E-state index is 8.12. The second kappa shape index (κ2) is 13.1. The topological polar surface area (TPSA) is 64.7 Å². The summed E-state index contributed by atoms with van der Waals surface area (Å²) in [6.07, 6.45) is 6.26. The third-order valence-corrected chi connectivity index (χ3v) is 7.28. The van der Waals surface area contributed by atoms with E-state index < -0.39 is 27.4 Å². The summed E-state index contributed by atoms with van der Waals surface area (Å²) in [5.74, 6) is 0. The van der Waals surface area contributed by atoms with Gasteiger partial charge in [-0.1, -0.05) is 48.1 Å². The summed E-state index contributed by atoms with van der Waals surface area (Å²) in [6.45, 7) is -9.02. The van der Waals surface area contributed by atoms with E-state index in [4.69, 9.17) is 20.9 Å². The van der Waals surface area contributed by atoms with E-state index in [1.54, 1.807) is 67.1 Å². The summed E-state index contributed by atoms with van der Waals surface area (Å²) < 4.78 is 97.0. The Labute approximate surface area is 298 Å². The molecule has 0 spiro atoms. The molecular weight excluding hydrogens is 745 g/mol. The Bertz CT molecular complexity index is 2690. The Morgan fingerprint density at radius 2 is 1.65 bits per heavy atom. The van der Waals surface area contributed by atoms with Crippen LogP contribution in [0.1, 0.15) is 38.8 Å². The van der Waals surface area contributed by atoms with Gasteiger partial charge in [0.05, 0.1) is 5.58 Å². The number of pyridine rings is 4. The molecule has 6 heteroatoms. The van der Waals surface area contributed by atoms with Crippen molar-refractivity contribution >= 4 is 32.8 Å². The molecule has 0 aliphatic carbocycles. The van der Waals surface area contributed by atoms with Crippen molar-refractivity contribution in [2.75, 3.05) is 0 Å². The number of rotatable bonds is 3. The molecule has 0 aliphatic rings. The van der Waals surface area contributed by atoms with Gasteiger partial charge in [-0.2, -0.15) is 0 Å². The Hall–Kier alpha value is -5.03. The fraction of sp³-hybridized carbons (Fsp3) is 0.100. The molecule has 0 N–H and O–H groups in total. The minimum atomic E-state index is -2.35. The van der Waals surface area contributed by atoms with Crippen molar-refractivity contribution in [1.29, 1.82) is 0 Å². The van der Waals surface area contributed by atoms with Gasteiger partial charge in [-0.15, -0.1) is 53.6 Å². The van der Waals surface area contributed by atoms with Crippen molar-refractivity contribution in [3.8, 4) is 33.6 Å². The van der Waals surface area contributed by atoms with Crippen LogP contribution < -0.4 is 0 Å². The summed E-state index contributed by atoms with van der Waals surface area (Å²) in [6, 6.07) is 29.1. The zero-order chi connectivity index (χ0) is 40.9. The second-order valence-electron chi connectivity index (χ2n) is 10.2. The molecule has 8 aromatic rings. The van der Waals surface area contributed by atoms with E-state index in [0.29, 0.717) is 44.6 Å². The molecule has 0 saturated carbocycles. The molecule has 0 saturated heterocycles. The van der Waals surface area contributed by atoms with E-state index in [0.717, 1.165) is 16.2 Å². The van der Waals surface area contributed by atoms with Crippen molar-refractivity contribution in [3.05, 3.63) is 144 Å². The van der Waals surface area contributed by atoms with E-state index >= 15 is 0 Å². The molecule has 5 heterocycles. The Morgan fingerprint density at radius 3 is 2.46 bits per heavy atom. The summed E-state index contributed by atoms with van der Waals surface area (Å²) in [4.78, 5) is 17.0. The molecule has 5 aromatic heterocycles. The SMILES string of the molecule is [2H]C([2H])([2H])c1c[c-]c(-c2ccc(C([2H])([2H])[2H])cn2)cc1.[2H]C([2H])([2H])c1ccc2c(n1)oc1c(-c3cc(-c4c(C([2H])([2H])[2H])ccc5cnccc45)ccn3)[c-]ccc12.[Ir]. The fourth-order valence-corrected chi connectivity index (χ4v) is 5.15. The first kappa shape index (κ1) is 19.5. The number of benzene rings is 3. The smallest absolute Gasteiger partial charge is 0.216 e. The molecule has 46 heavy (non-hydrogen) atoms. The summed E-state index contributed by atoms with van der Waals surface area (Å²) in [5, 5.41) is 3.03. The van der Waals surface area contributed by atoms with Crippen LogP contribution in [0.2, 0.25) is 0 Å². The molecule has 5 nitrogen and oxygen atoms in total. The minimum Gasteiger partial charge on any atom is -0.486 e. The molecular formula is C40H30IrN4O-2. The van der Waals surface area contributed by atoms with Gasteiger partial charge in [0, 0.05) is 77.8 Å². The predicted octanol–water partition coefficient (Wildman–Crippen LogP) is 9.84. The van der Waals surface area contributed by atoms with Crippen LogP contribution in [0.15, 0.2) is 114 Å². The standard InChI is InChI=1S/C27H18N3O.C13H12N.Ir/c1-16-6-8-19-15-28-12-11-20(19)25(16)18-10-13-29-24(14-18)23-5-3-4-21-22-9-7-17(2)30-27(22)31-26(21)23;1-10-3-6-12(7-4-10)13-8-5-11(2)9-14-13;/h3-4,6-15H,1-2H3;3-6,8-9H,1-2H3;/q2*-1;/i2*1D3,2D3;. The zero-order valence-corrected chi connectivity index (χ0v) is 26.3. The third-order valence-electron chi connectivity index (χ3n) is 7.28. The maximum Gasteiger partial charge on any atom is 0.216 e. The first-order valence-corrected chi connectivity index (χ1v) is 13.9. The number of hydrogen-bond acceptors (Lipinski definition) is 5.